The third-order valence-electron chi connectivity index (χ3n) is 1.88. The van der Waals surface area contributed by atoms with E-state index in [0.29, 0.717) is 26.1 Å². The third-order valence-corrected chi connectivity index (χ3v) is 1.88. The van der Waals surface area contributed by atoms with E-state index in [-0.39, 0.29) is 11.9 Å². The normalized spacial score (nSPS) is 9.73. The zero-order valence-electron chi connectivity index (χ0n) is 9.58. The lowest BCUT2D eigenvalue weighted by molar-refractivity contribution is -0.144. The van der Waals surface area contributed by atoms with Crippen molar-refractivity contribution >= 4 is 11.9 Å². The van der Waals surface area contributed by atoms with Crippen molar-refractivity contribution in [1.82, 2.24) is 0 Å². The van der Waals surface area contributed by atoms with E-state index in [1.807, 2.05) is 0 Å². The molecule has 0 spiro atoms. The molecule has 0 aromatic heterocycles. The summed E-state index contributed by atoms with van der Waals surface area (Å²) in [6, 6.07) is 0. The highest BCUT2D eigenvalue weighted by Gasteiger charge is 2.01. The Morgan fingerprint density at radius 1 is 0.933 bits per heavy atom. The van der Waals surface area contributed by atoms with Gasteiger partial charge in [-0.15, -0.1) is 0 Å². The second kappa shape index (κ2) is 9.49. The summed E-state index contributed by atoms with van der Waals surface area (Å²) in [7, 11) is 0. The van der Waals surface area contributed by atoms with Gasteiger partial charge in [-0.05, 0) is 26.2 Å². The number of carbonyl (C=O) groups is 2. The van der Waals surface area contributed by atoms with Crippen LogP contribution in [0.5, 0.6) is 0 Å². The number of ether oxygens (including phenoxy) is 2. The van der Waals surface area contributed by atoms with Crippen LogP contribution < -0.4 is 0 Å². The van der Waals surface area contributed by atoms with Crippen LogP contribution in [-0.4, -0.2) is 25.2 Å². The van der Waals surface area contributed by atoms with Crippen LogP contribution in [0.4, 0.5) is 0 Å². The van der Waals surface area contributed by atoms with Gasteiger partial charge in [0, 0.05) is 12.8 Å². The second-order valence-electron chi connectivity index (χ2n) is 3.19. The van der Waals surface area contributed by atoms with Gasteiger partial charge in [0.25, 0.3) is 0 Å². The van der Waals surface area contributed by atoms with E-state index < -0.39 is 0 Å². The molecule has 0 aliphatic carbocycles. The Kier molecular flexibility index (Phi) is 8.82. The standard InChI is InChI=1S/C11H20O4/c1-3-10(12)15-9-7-5-6-8-11(13)14-4-2/h3-9H2,1-2H3. The predicted molar refractivity (Wildman–Crippen MR) is 56.4 cm³/mol. The van der Waals surface area contributed by atoms with Crippen LogP contribution in [0.2, 0.25) is 0 Å². The highest BCUT2D eigenvalue weighted by molar-refractivity contribution is 5.69. The van der Waals surface area contributed by atoms with Crippen molar-refractivity contribution in [2.45, 2.75) is 46.0 Å². The van der Waals surface area contributed by atoms with Gasteiger partial charge in [-0.25, -0.2) is 0 Å². The Hall–Kier alpha value is -1.06. The minimum atomic E-state index is -0.166. The molecule has 0 aromatic carbocycles. The average molecular weight is 216 g/mol. The molecule has 0 saturated heterocycles. The Balaban J connectivity index is 3.18. The lowest BCUT2D eigenvalue weighted by atomic mass is 10.2. The van der Waals surface area contributed by atoms with Crippen LogP contribution >= 0.6 is 0 Å². The molecular weight excluding hydrogens is 196 g/mol. The van der Waals surface area contributed by atoms with Gasteiger partial charge < -0.3 is 9.47 Å². The number of rotatable bonds is 8. The van der Waals surface area contributed by atoms with E-state index in [4.69, 9.17) is 9.47 Å². The fraction of sp³-hybridized carbons (Fsp3) is 0.818. The Labute approximate surface area is 90.9 Å². The van der Waals surface area contributed by atoms with Crippen molar-refractivity contribution in [3.63, 3.8) is 0 Å². The van der Waals surface area contributed by atoms with Crippen molar-refractivity contribution in [2.24, 2.45) is 0 Å². The third kappa shape index (κ3) is 9.25. The largest absolute Gasteiger partial charge is 0.466 e. The zero-order chi connectivity index (χ0) is 11.5. The number of carbonyl (C=O) groups excluding carboxylic acids is 2. The first-order chi connectivity index (χ1) is 7.20. The molecule has 0 unspecified atom stereocenters. The molecule has 4 heteroatoms. The van der Waals surface area contributed by atoms with E-state index >= 15 is 0 Å². The molecule has 0 rings (SSSR count). The molecule has 0 amide bonds. The van der Waals surface area contributed by atoms with Gasteiger partial charge in [-0.1, -0.05) is 6.92 Å². The molecule has 0 aliphatic rings. The molecule has 0 heterocycles. The summed E-state index contributed by atoms with van der Waals surface area (Å²) < 4.78 is 9.67. The van der Waals surface area contributed by atoms with Gasteiger partial charge in [0.05, 0.1) is 13.2 Å². The number of hydrogen-bond acceptors (Lipinski definition) is 4. The highest BCUT2D eigenvalue weighted by atomic mass is 16.5. The van der Waals surface area contributed by atoms with Gasteiger partial charge in [0.1, 0.15) is 0 Å². The first-order valence-corrected chi connectivity index (χ1v) is 5.52. The van der Waals surface area contributed by atoms with E-state index in [1.165, 1.54) is 0 Å². The molecule has 0 N–H and O–H groups in total. The summed E-state index contributed by atoms with van der Waals surface area (Å²) in [4.78, 5) is 21.7. The minimum absolute atomic E-state index is 0.150. The fourth-order valence-corrected chi connectivity index (χ4v) is 1.07. The molecule has 4 nitrogen and oxygen atoms in total. The summed E-state index contributed by atoms with van der Waals surface area (Å²) in [6.45, 7) is 4.45. The van der Waals surface area contributed by atoms with E-state index in [0.717, 1.165) is 19.3 Å². The van der Waals surface area contributed by atoms with E-state index in [9.17, 15) is 9.59 Å². The number of hydrogen-bond donors (Lipinski definition) is 0. The topological polar surface area (TPSA) is 52.6 Å². The minimum Gasteiger partial charge on any atom is -0.466 e. The smallest absolute Gasteiger partial charge is 0.305 e. The SMILES string of the molecule is CCOC(=O)CCCCCOC(=O)CC. The maximum Gasteiger partial charge on any atom is 0.305 e. The second-order valence-corrected chi connectivity index (χ2v) is 3.19. The monoisotopic (exact) mass is 216 g/mol. The van der Waals surface area contributed by atoms with Crippen LogP contribution in [0.3, 0.4) is 0 Å². The zero-order valence-corrected chi connectivity index (χ0v) is 9.58. The Morgan fingerprint density at radius 2 is 1.67 bits per heavy atom. The van der Waals surface area contributed by atoms with Crippen molar-refractivity contribution in [2.75, 3.05) is 13.2 Å². The first kappa shape index (κ1) is 13.9. The summed E-state index contributed by atoms with van der Waals surface area (Å²) in [6.07, 6.45) is 3.36. The van der Waals surface area contributed by atoms with Gasteiger partial charge in [-0.3, -0.25) is 9.59 Å². The molecule has 0 aliphatic heterocycles. The predicted octanol–water partition coefficient (Wildman–Crippen LogP) is 2.06. The fourth-order valence-electron chi connectivity index (χ4n) is 1.07. The van der Waals surface area contributed by atoms with Crippen LogP contribution in [0.25, 0.3) is 0 Å². The first-order valence-electron chi connectivity index (χ1n) is 5.52. The van der Waals surface area contributed by atoms with E-state index in [1.54, 1.807) is 13.8 Å². The molecule has 0 bridgehead atoms. The maximum absolute atomic E-state index is 10.9. The summed E-state index contributed by atoms with van der Waals surface area (Å²) >= 11 is 0. The Morgan fingerprint density at radius 3 is 2.27 bits per heavy atom. The van der Waals surface area contributed by atoms with Crippen LogP contribution in [0.1, 0.15) is 46.0 Å². The van der Waals surface area contributed by atoms with Crippen LogP contribution in [0.15, 0.2) is 0 Å². The molecule has 0 radical (unpaired) electrons. The Bertz CT molecular complexity index is 189. The summed E-state index contributed by atoms with van der Waals surface area (Å²) in [5.41, 5.74) is 0. The van der Waals surface area contributed by atoms with Gasteiger partial charge >= 0.3 is 11.9 Å². The van der Waals surface area contributed by atoms with Crippen molar-refractivity contribution < 1.29 is 19.1 Å². The number of unbranched alkanes of at least 4 members (excludes halogenated alkanes) is 2. The van der Waals surface area contributed by atoms with Crippen LogP contribution in [0, 0.1) is 0 Å². The molecule has 88 valence electrons. The average Bonchev–Trinajstić information content (AvgIpc) is 2.23. The molecule has 0 fully saturated rings. The van der Waals surface area contributed by atoms with E-state index in [2.05, 4.69) is 0 Å². The maximum atomic E-state index is 10.9. The molecule has 0 saturated carbocycles. The van der Waals surface area contributed by atoms with Crippen molar-refractivity contribution in [3.05, 3.63) is 0 Å². The highest BCUT2D eigenvalue weighted by Crippen LogP contribution is 2.02. The van der Waals surface area contributed by atoms with Crippen molar-refractivity contribution in [3.8, 4) is 0 Å². The lowest BCUT2D eigenvalue weighted by Crippen LogP contribution is -2.05. The van der Waals surface area contributed by atoms with Gasteiger partial charge in [-0.2, -0.15) is 0 Å². The molecule has 15 heavy (non-hydrogen) atoms. The lowest BCUT2D eigenvalue weighted by Gasteiger charge is -2.03. The molecule has 0 aromatic rings. The summed E-state index contributed by atoms with van der Waals surface area (Å²) in [5.74, 6) is -0.316. The number of esters is 2. The summed E-state index contributed by atoms with van der Waals surface area (Å²) in [5, 5.41) is 0. The molecular formula is C11H20O4. The van der Waals surface area contributed by atoms with Crippen LogP contribution in [-0.2, 0) is 19.1 Å². The van der Waals surface area contributed by atoms with Gasteiger partial charge in [0.2, 0.25) is 0 Å². The quantitative estimate of drug-likeness (QED) is 0.460. The molecule has 0 atom stereocenters. The van der Waals surface area contributed by atoms with Gasteiger partial charge in [0.15, 0.2) is 0 Å². The van der Waals surface area contributed by atoms with Crippen molar-refractivity contribution in [1.29, 1.82) is 0 Å².